The van der Waals surface area contributed by atoms with Crippen LogP contribution in [0.15, 0.2) is 164 Å². The van der Waals surface area contributed by atoms with Crippen molar-refractivity contribution in [2.75, 3.05) is 0 Å². The zero-order chi connectivity index (χ0) is 29.3. The van der Waals surface area contributed by atoms with Crippen molar-refractivity contribution in [1.29, 1.82) is 0 Å². The first-order chi connectivity index (χ1) is 21.8. The predicted molar refractivity (Wildman–Crippen MR) is 187 cm³/mol. The van der Waals surface area contributed by atoms with E-state index in [0.29, 0.717) is 0 Å². The molecular weight excluding hydrogens is 530 g/mol. The van der Waals surface area contributed by atoms with E-state index in [2.05, 4.69) is 157 Å². The van der Waals surface area contributed by atoms with E-state index in [4.69, 9.17) is 0 Å². The molecule has 0 aliphatic heterocycles. The lowest BCUT2D eigenvalue weighted by Crippen LogP contribution is -1.93. The van der Waals surface area contributed by atoms with E-state index in [0.717, 1.165) is 12.8 Å². The highest BCUT2D eigenvalue weighted by atomic mass is 14.6. The van der Waals surface area contributed by atoms with Crippen LogP contribution in [0.1, 0.15) is 11.1 Å². The summed E-state index contributed by atoms with van der Waals surface area (Å²) in [5, 5.41) is 7.67. The molecule has 0 radical (unpaired) electrons. The van der Waals surface area contributed by atoms with Gasteiger partial charge in [-0.25, -0.2) is 0 Å². The first kappa shape index (κ1) is 26.1. The van der Waals surface area contributed by atoms with Gasteiger partial charge in [0.15, 0.2) is 0 Å². The Balaban J connectivity index is 1.22. The molecule has 0 aliphatic rings. The lowest BCUT2D eigenvalue weighted by molar-refractivity contribution is 0.956. The van der Waals surface area contributed by atoms with Crippen LogP contribution in [0, 0.1) is 0 Å². The van der Waals surface area contributed by atoms with Crippen LogP contribution in [-0.4, -0.2) is 4.98 Å². The molecule has 0 amide bonds. The van der Waals surface area contributed by atoms with Crippen LogP contribution in [0.25, 0.3) is 65.7 Å². The number of pyridine rings is 1. The maximum atomic E-state index is 4.15. The van der Waals surface area contributed by atoms with Crippen LogP contribution in [-0.2, 0) is 12.8 Å². The first-order valence-electron chi connectivity index (χ1n) is 15.3. The Morgan fingerprint density at radius 2 is 0.773 bits per heavy atom. The van der Waals surface area contributed by atoms with Crippen molar-refractivity contribution < 1.29 is 0 Å². The third kappa shape index (κ3) is 4.73. The van der Waals surface area contributed by atoms with Crippen molar-refractivity contribution in [3.05, 3.63) is 175 Å². The monoisotopic (exact) mass is 561 g/mol. The molecular formula is C43H31N. The quantitative estimate of drug-likeness (QED) is 0.184. The van der Waals surface area contributed by atoms with E-state index in [1.807, 2.05) is 12.4 Å². The van der Waals surface area contributed by atoms with Gasteiger partial charge in [0.2, 0.25) is 0 Å². The van der Waals surface area contributed by atoms with E-state index in [-0.39, 0.29) is 0 Å². The summed E-state index contributed by atoms with van der Waals surface area (Å²) in [5.41, 5.74) is 10.3. The Hall–Kier alpha value is -5.53. The van der Waals surface area contributed by atoms with Gasteiger partial charge in [-0.3, -0.25) is 4.98 Å². The summed E-state index contributed by atoms with van der Waals surface area (Å²) in [6.07, 6.45) is 5.77. The summed E-state index contributed by atoms with van der Waals surface area (Å²) in [7, 11) is 0. The molecule has 1 nitrogen and oxygen atoms in total. The fourth-order valence-corrected chi connectivity index (χ4v) is 6.72. The zero-order valence-corrected chi connectivity index (χ0v) is 24.4. The molecule has 1 heterocycles. The molecule has 0 fully saturated rings. The van der Waals surface area contributed by atoms with Gasteiger partial charge in [0, 0.05) is 12.4 Å². The van der Waals surface area contributed by atoms with Gasteiger partial charge in [-0.15, -0.1) is 0 Å². The standard InChI is InChI=1S/C43H31N/c1-2-10-36-32(8-1)9-7-15-37(36)33-22-24-35(25-23-33)43-40-13-5-3-11-38(40)42(39-12-4-6-14-41(39)43)34-20-18-30(19-21-34)16-17-31-26-28-44-29-27-31/h1-15,18-29H,16-17H2. The zero-order valence-electron chi connectivity index (χ0n) is 24.4. The Labute approximate surface area is 258 Å². The molecule has 0 saturated heterocycles. The largest absolute Gasteiger partial charge is 0.265 e. The highest BCUT2D eigenvalue weighted by molar-refractivity contribution is 6.21. The molecule has 1 aromatic heterocycles. The second-order valence-corrected chi connectivity index (χ2v) is 11.5. The van der Waals surface area contributed by atoms with Gasteiger partial charge in [-0.1, -0.05) is 140 Å². The van der Waals surface area contributed by atoms with Crippen LogP contribution < -0.4 is 0 Å². The van der Waals surface area contributed by atoms with E-state index < -0.39 is 0 Å². The lowest BCUT2D eigenvalue weighted by Gasteiger charge is -2.18. The van der Waals surface area contributed by atoms with Crippen molar-refractivity contribution in [2.24, 2.45) is 0 Å². The predicted octanol–water partition coefficient (Wildman–Crippen LogP) is 11.3. The summed E-state index contributed by atoms with van der Waals surface area (Å²) >= 11 is 0. The van der Waals surface area contributed by atoms with E-state index in [9.17, 15) is 0 Å². The van der Waals surface area contributed by atoms with Gasteiger partial charge < -0.3 is 0 Å². The number of hydrogen-bond acceptors (Lipinski definition) is 1. The SMILES string of the molecule is c1ccc2c(-c3ccc(-c4c5ccccc5c(-c5ccc(CCc6ccncc6)cc5)c5ccccc45)cc3)cccc2c1. The molecule has 0 aliphatic carbocycles. The molecule has 8 rings (SSSR count). The van der Waals surface area contributed by atoms with Crippen LogP contribution in [0.3, 0.4) is 0 Å². The minimum Gasteiger partial charge on any atom is -0.265 e. The normalized spacial score (nSPS) is 11.4. The first-order valence-corrected chi connectivity index (χ1v) is 15.3. The van der Waals surface area contributed by atoms with E-state index in [1.165, 1.54) is 76.8 Å². The Kier molecular flexibility index (Phi) is 6.70. The van der Waals surface area contributed by atoms with Crippen LogP contribution in [0.4, 0.5) is 0 Å². The maximum absolute atomic E-state index is 4.15. The molecule has 208 valence electrons. The average Bonchev–Trinajstić information content (AvgIpc) is 3.10. The fraction of sp³-hybridized carbons (Fsp3) is 0.0465. The summed E-state index contributed by atoms with van der Waals surface area (Å²) in [4.78, 5) is 4.15. The topological polar surface area (TPSA) is 12.9 Å². The van der Waals surface area contributed by atoms with Crippen LogP contribution in [0.5, 0.6) is 0 Å². The second kappa shape index (κ2) is 11.3. The van der Waals surface area contributed by atoms with Crippen molar-refractivity contribution in [2.45, 2.75) is 12.8 Å². The van der Waals surface area contributed by atoms with Crippen LogP contribution in [0.2, 0.25) is 0 Å². The lowest BCUT2D eigenvalue weighted by atomic mass is 9.85. The molecule has 0 bridgehead atoms. The molecule has 0 atom stereocenters. The smallest absolute Gasteiger partial charge is 0.0270 e. The number of fused-ring (bicyclic) bond motifs is 3. The average molecular weight is 562 g/mol. The Morgan fingerprint density at radius 3 is 1.34 bits per heavy atom. The fourth-order valence-electron chi connectivity index (χ4n) is 6.72. The number of benzene rings is 7. The van der Waals surface area contributed by atoms with E-state index in [1.54, 1.807) is 0 Å². The number of aromatic nitrogens is 1. The number of hydrogen-bond donors (Lipinski definition) is 0. The maximum Gasteiger partial charge on any atom is 0.0270 e. The minimum absolute atomic E-state index is 1.01. The molecule has 0 unspecified atom stereocenters. The van der Waals surface area contributed by atoms with Crippen LogP contribution >= 0.6 is 0 Å². The van der Waals surface area contributed by atoms with Gasteiger partial charge in [0.25, 0.3) is 0 Å². The number of aryl methyl sites for hydroxylation is 2. The molecule has 1 heteroatoms. The summed E-state index contributed by atoms with van der Waals surface area (Å²) in [5.74, 6) is 0. The van der Waals surface area contributed by atoms with Gasteiger partial charge in [-0.05, 0) is 102 Å². The summed E-state index contributed by atoms with van der Waals surface area (Å²) in [6, 6.07) is 55.5. The molecule has 0 N–H and O–H groups in total. The Morgan fingerprint density at radius 1 is 0.341 bits per heavy atom. The highest BCUT2D eigenvalue weighted by Gasteiger charge is 2.16. The summed E-state index contributed by atoms with van der Waals surface area (Å²) < 4.78 is 0. The molecule has 0 spiro atoms. The Bertz CT molecular complexity index is 2180. The number of nitrogens with zero attached hydrogens (tertiary/aromatic N) is 1. The van der Waals surface area contributed by atoms with Gasteiger partial charge in [0.1, 0.15) is 0 Å². The van der Waals surface area contributed by atoms with Crippen molar-refractivity contribution in [3.8, 4) is 33.4 Å². The molecule has 44 heavy (non-hydrogen) atoms. The van der Waals surface area contributed by atoms with Crippen molar-refractivity contribution >= 4 is 32.3 Å². The minimum atomic E-state index is 1.01. The van der Waals surface area contributed by atoms with Crippen molar-refractivity contribution in [3.63, 3.8) is 0 Å². The third-order valence-electron chi connectivity index (χ3n) is 8.90. The third-order valence-corrected chi connectivity index (χ3v) is 8.90. The second-order valence-electron chi connectivity index (χ2n) is 11.5. The molecule has 8 aromatic rings. The number of rotatable bonds is 6. The van der Waals surface area contributed by atoms with Crippen molar-refractivity contribution in [1.82, 2.24) is 4.98 Å². The van der Waals surface area contributed by atoms with E-state index >= 15 is 0 Å². The van der Waals surface area contributed by atoms with Gasteiger partial charge in [0.05, 0.1) is 0 Å². The molecule has 7 aromatic carbocycles. The molecule has 0 saturated carbocycles. The summed E-state index contributed by atoms with van der Waals surface area (Å²) in [6.45, 7) is 0. The highest BCUT2D eigenvalue weighted by Crippen LogP contribution is 2.44. The van der Waals surface area contributed by atoms with Gasteiger partial charge in [-0.2, -0.15) is 0 Å². The van der Waals surface area contributed by atoms with Gasteiger partial charge >= 0.3 is 0 Å².